The second-order valence-corrected chi connectivity index (χ2v) is 6.35. The summed E-state index contributed by atoms with van der Waals surface area (Å²) in [6.45, 7) is 4.10. The van der Waals surface area contributed by atoms with Crippen LogP contribution in [0.2, 0.25) is 0 Å². The summed E-state index contributed by atoms with van der Waals surface area (Å²) in [6, 6.07) is 3.55. The van der Waals surface area contributed by atoms with E-state index in [1.807, 2.05) is 0 Å². The average molecular weight is 344 g/mol. The lowest BCUT2D eigenvalue weighted by Crippen LogP contribution is -2.33. The van der Waals surface area contributed by atoms with Crippen molar-refractivity contribution in [3.8, 4) is 5.75 Å². The molecule has 1 amide bonds. The fraction of sp³-hybridized carbons (Fsp3) is 0.588. The van der Waals surface area contributed by atoms with E-state index in [-0.39, 0.29) is 17.6 Å². The highest BCUT2D eigenvalue weighted by atomic mass is 19.4. The van der Waals surface area contributed by atoms with Gasteiger partial charge >= 0.3 is 6.18 Å². The highest BCUT2D eigenvalue weighted by molar-refractivity contribution is 5.79. The molecule has 1 atom stereocenters. The van der Waals surface area contributed by atoms with Crippen LogP contribution in [-0.4, -0.2) is 43.7 Å². The number of alkyl halides is 3. The smallest absolute Gasteiger partial charge is 0.422 e. The van der Waals surface area contributed by atoms with Crippen LogP contribution in [0.3, 0.4) is 0 Å². The standard InChI is InChI=1S/C17H23F3N2O2/c1-11-6-13(7-12(2)15(11)24-10-17(18,19)20)9-22(3)16(23)14-4-5-21-8-14/h6-7,14,21H,4-5,8-10H2,1-3H3/t14-/m0/s1. The van der Waals surface area contributed by atoms with Gasteiger partial charge in [0.15, 0.2) is 6.61 Å². The number of hydrogen-bond donors (Lipinski definition) is 1. The average Bonchev–Trinajstić information content (AvgIpc) is 2.98. The Kier molecular flexibility index (Phi) is 5.74. The molecule has 1 aromatic carbocycles. The zero-order chi connectivity index (χ0) is 17.9. The highest BCUT2D eigenvalue weighted by Crippen LogP contribution is 2.27. The fourth-order valence-corrected chi connectivity index (χ4v) is 3.04. The summed E-state index contributed by atoms with van der Waals surface area (Å²) < 4.78 is 41.9. The molecule has 0 bridgehead atoms. The van der Waals surface area contributed by atoms with Crippen molar-refractivity contribution >= 4 is 5.91 Å². The number of hydrogen-bond acceptors (Lipinski definition) is 3. The van der Waals surface area contributed by atoms with E-state index in [0.29, 0.717) is 24.2 Å². The van der Waals surface area contributed by atoms with Gasteiger partial charge in [0, 0.05) is 20.1 Å². The van der Waals surface area contributed by atoms with E-state index in [1.54, 1.807) is 37.9 Å². The normalized spacial score (nSPS) is 17.8. The summed E-state index contributed by atoms with van der Waals surface area (Å²) in [5, 5.41) is 3.17. The van der Waals surface area contributed by atoms with Crippen molar-refractivity contribution in [3.63, 3.8) is 0 Å². The molecular formula is C17H23F3N2O2. The second kappa shape index (κ2) is 7.42. The van der Waals surface area contributed by atoms with Crippen molar-refractivity contribution in [1.29, 1.82) is 0 Å². The van der Waals surface area contributed by atoms with Crippen LogP contribution in [0.1, 0.15) is 23.1 Å². The van der Waals surface area contributed by atoms with Crippen molar-refractivity contribution in [3.05, 3.63) is 28.8 Å². The molecule has 0 aliphatic carbocycles. The summed E-state index contributed by atoms with van der Waals surface area (Å²) in [6.07, 6.45) is -3.52. The van der Waals surface area contributed by atoms with Gasteiger partial charge in [0.05, 0.1) is 5.92 Å². The number of benzene rings is 1. The lowest BCUT2D eigenvalue weighted by atomic mass is 10.0. The summed E-state index contributed by atoms with van der Waals surface area (Å²) in [5.41, 5.74) is 2.15. The van der Waals surface area contributed by atoms with E-state index >= 15 is 0 Å². The third-order valence-electron chi connectivity index (χ3n) is 4.11. The second-order valence-electron chi connectivity index (χ2n) is 6.35. The summed E-state index contributed by atoms with van der Waals surface area (Å²) in [7, 11) is 1.75. The number of ether oxygens (including phenoxy) is 1. The Morgan fingerprint density at radius 1 is 1.33 bits per heavy atom. The van der Waals surface area contributed by atoms with Crippen LogP contribution in [-0.2, 0) is 11.3 Å². The fourth-order valence-electron chi connectivity index (χ4n) is 3.04. The molecule has 0 spiro atoms. The van der Waals surface area contributed by atoms with E-state index in [2.05, 4.69) is 5.32 Å². The van der Waals surface area contributed by atoms with Gasteiger partial charge in [0.1, 0.15) is 5.75 Å². The first kappa shape index (κ1) is 18.6. The molecule has 24 heavy (non-hydrogen) atoms. The third-order valence-corrected chi connectivity index (χ3v) is 4.11. The topological polar surface area (TPSA) is 41.6 Å². The molecule has 0 unspecified atom stereocenters. The molecule has 1 aliphatic heterocycles. The number of amides is 1. The Bertz CT molecular complexity index is 573. The zero-order valence-corrected chi connectivity index (χ0v) is 14.2. The molecule has 1 aromatic rings. The highest BCUT2D eigenvalue weighted by Gasteiger charge is 2.29. The van der Waals surface area contributed by atoms with Gasteiger partial charge in [-0.3, -0.25) is 4.79 Å². The van der Waals surface area contributed by atoms with Gasteiger partial charge < -0.3 is 15.0 Å². The maximum atomic E-state index is 12.3. The molecule has 0 aromatic heterocycles. The number of nitrogens with one attached hydrogen (secondary N) is 1. The number of aryl methyl sites for hydroxylation is 2. The minimum absolute atomic E-state index is 0.00610. The van der Waals surface area contributed by atoms with Crippen molar-refractivity contribution in [2.24, 2.45) is 5.92 Å². The molecular weight excluding hydrogens is 321 g/mol. The Morgan fingerprint density at radius 3 is 2.46 bits per heavy atom. The number of carbonyl (C=O) groups is 1. The molecule has 1 N–H and O–H groups in total. The predicted molar refractivity (Wildman–Crippen MR) is 84.9 cm³/mol. The molecule has 134 valence electrons. The minimum Gasteiger partial charge on any atom is -0.484 e. The number of rotatable bonds is 5. The van der Waals surface area contributed by atoms with Crippen LogP contribution in [0.5, 0.6) is 5.75 Å². The molecule has 1 heterocycles. The van der Waals surface area contributed by atoms with E-state index in [0.717, 1.165) is 18.5 Å². The van der Waals surface area contributed by atoms with Crippen LogP contribution in [0, 0.1) is 19.8 Å². The first-order chi connectivity index (χ1) is 11.2. The van der Waals surface area contributed by atoms with Crippen molar-refractivity contribution in [2.75, 3.05) is 26.7 Å². The quantitative estimate of drug-likeness (QED) is 0.893. The van der Waals surface area contributed by atoms with Crippen LogP contribution >= 0.6 is 0 Å². The molecule has 1 fully saturated rings. The summed E-state index contributed by atoms with van der Waals surface area (Å²) >= 11 is 0. The van der Waals surface area contributed by atoms with Gasteiger partial charge in [-0.15, -0.1) is 0 Å². The van der Waals surface area contributed by atoms with Gasteiger partial charge in [-0.05, 0) is 43.5 Å². The molecule has 0 saturated carbocycles. The summed E-state index contributed by atoms with van der Waals surface area (Å²) in [4.78, 5) is 14.0. The van der Waals surface area contributed by atoms with Gasteiger partial charge in [0.2, 0.25) is 5.91 Å². The van der Waals surface area contributed by atoms with E-state index in [9.17, 15) is 18.0 Å². The van der Waals surface area contributed by atoms with Crippen LogP contribution in [0.4, 0.5) is 13.2 Å². The number of nitrogens with zero attached hydrogens (tertiary/aromatic N) is 1. The molecule has 1 aliphatic rings. The molecule has 1 saturated heterocycles. The van der Waals surface area contributed by atoms with Gasteiger partial charge in [0.25, 0.3) is 0 Å². The minimum atomic E-state index is -4.36. The Labute approximate surface area is 140 Å². The molecule has 7 heteroatoms. The lowest BCUT2D eigenvalue weighted by Gasteiger charge is -2.22. The maximum absolute atomic E-state index is 12.3. The van der Waals surface area contributed by atoms with Gasteiger partial charge in [-0.2, -0.15) is 13.2 Å². The van der Waals surface area contributed by atoms with Crippen molar-refractivity contribution < 1.29 is 22.7 Å². The maximum Gasteiger partial charge on any atom is 0.422 e. The zero-order valence-electron chi connectivity index (χ0n) is 14.2. The Balaban J connectivity index is 2.05. The van der Waals surface area contributed by atoms with E-state index < -0.39 is 12.8 Å². The lowest BCUT2D eigenvalue weighted by molar-refractivity contribution is -0.153. The van der Waals surface area contributed by atoms with Crippen LogP contribution in [0.25, 0.3) is 0 Å². The van der Waals surface area contributed by atoms with Gasteiger partial charge in [-0.25, -0.2) is 0 Å². The molecule has 0 radical (unpaired) electrons. The van der Waals surface area contributed by atoms with Gasteiger partial charge in [-0.1, -0.05) is 12.1 Å². The first-order valence-electron chi connectivity index (χ1n) is 7.93. The number of carbonyl (C=O) groups excluding carboxylic acids is 1. The van der Waals surface area contributed by atoms with E-state index in [1.165, 1.54) is 0 Å². The Hall–Kier alpha value is -1.76. The predicted octanol–water partition coefficient (Wildman–Crippen LogP) is 2.81. The largest absolute Gasteiger partial charge is 0.484 e. The number of halogens is 3. The third kappa shape index (κ3) is 4.87. The molecule has 2 rings (SSSR count). The summed E-state index contributed by atoms with van der Waals surface area (Å²) in [5.74, 6) is 0.351. The monoisotopic (exact) mass is 344 g/mol. The van der Waals surface area contributed by atoms with Crippen LogP contribution in [0.15, 0.2) is 12.1 Å². The van der Waals surface area contributed by atoms with Crippen LogP contribution < -0.4 is 10.1 Å². The first-order valence-corrected chi connectivity index (χ1v) is 7.93. The Morgan fingerprint density at radius 2 is 1.96 bits per heavy atom. The van der Waals surface area contributed by atoms with Crippen molar-refractivity contribution in [2.45, 2.75) is 33.0 Å². The van der Waals surface area contributed by atoms with Crippen molar-refractivity contribution in [1.82, 2.24) is 10.2 Å². The molecule has 4 nitrogen and oxygen atoms in total. The van der Waals surface area contributed by atoms with E-state index in [4.69, 9.17) is 4.74 Å². The SMILES string of the molecule is Cc1cc(CN(C)C(=O)[C@H]2CCNC2)cc(C)c1OCC(F)(F)F.